The molecule has 1 amide bonds. The molecule has 1 aromatic rings. The number of amides is 1. The Kier molecular flexibility index (Phi) is 2.15. The quantitative estimate of drug-likeness (QED) is 0.712. The lowest BCUT2D eigenvalue weighted by molar-refractivity contribution is -0.119. The molecule has 80 valence electrons. The second-order valence-electron chi connectivity index (χ2n) is 4.35. The van der Waals surface area contributed by atoms with Crippen LogP contribution in [0.4, 0.5) is 11.4 Å². The fraction of sp³-hybridized carbons (Fsp3) is 0.364. The van der Waals surface area contributed by atoms with E-state index in [1.54, 1.807) is 6.07 Å². The van der Waals surface area contributed by atoms with Gasteiger partial charge in [-0.25, -0.2) is 0 Å². The third-order valence-electron chi connectivity index (χ3n) is 2.55. The van der Waals surface area contributed by atoms with Crippen LogP contribution in [0.2, 0.25) is 5.02 Å². The molecule has 2 rings (SSSR count). The Bertz CT molecular complexity index is 440. The van der Waals surface area contributed by atoms with Gasteiger partial charge in [0.2, 0.25) is 5.91 Å². The molecular weight excluding hydrogens is 212 g/mol. The van der Waals surface area contributed by atoms with E-state index < -0.39 is 5.54 Å². The number of carbonyl (C=O) groups excluding carboxylic acids is 1. The van der Waals surface area contributed by atoms with E-state index in [4.69, 9.17) is 11.6 Å². The number of aryl methyl sites for hydroxylation is 1. The summed E-state index contributed by atoms with van der Waals surface area (Å²) in [7, 11) is 0. The number of hydrogen-bond acceptors (Lipinski definition) is 2. The first-order valence-corrected chi connectivity index (χ1v) is 5.18. The van der Waals surface area contributed by atoms with Crippen molar-refractivity contribution in [2.75, 3.05) is 10.6 Å². The van der Waals surface area contributed by atoms with Crippen molar-refractivity contribution in [3.05, 3.63) is 22.7 Å². The van der Waals surface area contributed by atoms with Gasteiger partial charge in [0.05, 0.1) is 11.4 Å². The number of rotatable bonds is 0. The predicted molar refractivity (Wildman–Crippen MR) is 62.5 cm³/mol. The first-order chi connectivity index (χ1) is 6.90. The second-order valence-corrected chi connectivity index (χ2v) is 4.79. The number of halogens is 1. The lowest BCUT2D eigenvalue weighted by atomic mass is 9.98. The summed E-state index contributed by atoms with van der Waals surface area (Å²) in [6.45, 7) is 5.66. The van der Waals surface area contributed by atoms with Crippen molar-refractivity contribution < 1.29 is 4.79 Å². The fourth-order valence-corrected chi connectivity index (χ4v) is 1.93. The van der Waals surface area contributed by atoms with Crippen molar-refractivity contribution in [1.82, 2.24) is 0 Å². The molecule has 0 fully saturated rings. The zero-order chi connectivity index (χ0) is 11.2. The highest BCUT2D eigenvalue weighted by molar-refractivity contribution is 6.31. The Labute approximate surface area is 93.8 Å². The van der Waals surface area contributed by atoms with E-state index in [9.17, 15) is 4.79 Å². The van der Waals surface area contributed by atoms with Crippen molar-refractivity contribution >= 4 is 28.9 Å². The number of fused-ring (bicyclic) bond motifs is 1. The highest BCUT2D eigenvalue weighted by Gasteiger charge is 2.33. The van der Waals surface area contributed by atoms with E-state index in [0.29, 0.717) is 5.02 Å². The van der Waals surface area contributed by atoms with Crippen LogP contribution in [0.25, 0.3) is 0 Å². The molecular formula is C11H13ClN2O. The number of nitrogens with one attached hydrogen (secondary N) is 2. The van der Waals surface area contributed by atoms with Gasteiger partial charge in [0.15, 0.2) is 0 Å². The summed E-state index contributed by atoms with van der Waals surface area (Å²) < 4.78 is 0. The smallest absolute Gasteiger partial charge is 0.249 e. The maximum Gasteiger partial charge on any atom is 0.249 e. The van der Waals surface area contributed by atoms with E-state index in [2.05, 4.69) is 10.6 Å². The average molecular weight is 225 g/mol. The standard InChI is InChI=1S/C11H13ClN2O/c1-6-4-7(12)5-8-9(6)14-11(2,3)10(15)13-8/h4-5,14H,1-3H3,(H,13,15). The molecule has 0 radical (unpaired) electrons. The first kappa shape index (κ1) is 10.3. The summed E-state index contributed by atoms with van der Waals surface area (Å²) in [4.78, 5) is 11.7. The molecule has 0 bridgehead atoms. The lowest BCUT2D eigenvalue weighted by Crippen LogP contribution is -2.47. The van der Waals surface area contributed by atoms with Gasteiger partial charge in [0, 0.05) is 5.02 Å². The number of hydrogen-bond donors (Lipinski definition) is 2. The van der Waals surface area contributed by atoms with Crippen LogP contribution in [-0.2, 0) is 4.79 Å². The first-order valence-electron chi connectivity index (χ1n) is 4.80. The Morgan fingerprint density at radius 2 is 2.00 bits per heavy atom. The number of anilines is 2. The van der Waals surface area contributed by atoms with Gasteiger partial charge in [0.1, 0.15) is 5.54 Å². The highest BCUT2D eigenvalue weighted by atomic mass is 35.5. The third kappa shape index (κ3) is 1.67. The van der Waals surface area contributed by atoms with Crippen LogP contribution >= 0.6 is 11.6 Å². The Balaban J connectivity index is 2.55. The van der Waals surface area contributed by atoms with Gasteiger partial charge in [-0.3, -0.25) is 4.79 Å². The summed E-state index contributed by atoms with van der Waals surface area (Å²) in [6, 6.07) is 3.63. The molecule has 1 heterocycles. The van der Waals surface area contributed by atoms with Crippen LogP contribution in [-0.4, -0.2) is 11.4 Å². The molecule has 0 aromatic heterocycles. The average Bonchev–Trinajstić information content (AvgIpc) is 2.09. The van der Waals surface area contributed by atoms with Gasteiger partial charge in [-0.1, -0.05) is 11.6 Å². The van der Waals surface area contributed by atoms with Gasteiger partial charge in [0.25, 0.3) is 0 Å². The molecule has 0 unspecified atom stereocenters. The zero-order valence-corrected chi connectivity index (χ0v) is 9.70. The minimum atomic E-state index is -0.578. The Morgan fingerprint density at radius 3 is 2.67 bits per heavy atom. The summed E-state index contributed by atoms with van der Waals surface area (Å²) in [5.74, 6) is -0.0448. The normalized spacial score (nSPS) is 17.7. The van der Waals surface area contributed by atoms with Crippen molar-refractivity contribution in [3.8, 4) is 0 Å². The molecule has 1 aliphatic rings. The van der Waals surface area contributed by atoms with Crippen LogP contribution in [0.1, 0.15) is 19.4 Å². The van der Waals surface area contributed by atoms with E-state index in [1.807, 2.05) is 26.8 Å². The summed E-state index contributed by atoms with van der Waals surface area (Å²) in [6.07, 6.45) is 0. The van der Waals surface area contributed by atoms with Crippen molar-refractivity contribution in [2.45, 2.75) is 26.3 Å². The van der Waals surface area contributed by atoms with Crippen LogP contribution < -0.4 is 10.6 Å². The van der Waals surface area contributed by atoms with Crippen LogP contribution in [0, 0.1) is 6.92 Å². The van der Waals surface area contributed by atoms with Crippen molar-refractivity contribution in [1.29, 1.82) is 0 Å². The predicted octanol–water partition coefficient (Wildman–Crippen LogP) is 2.79. The van der Waals surface area contributed by atoms with Gasteiger partial charge in [-0.15, -0.1) is 0 Å². The molecule has 0 saturated heterocycles. The fourth-order valence-electron chi connectivity index (χ4n) is 1.66. The molecule has 4 heteroatoms. The monoisotopic (exact) mass is 224 g/mol. The molecule has 0 aliphatic carbocycles. The third-order valence-corrected chi connectivity index (χ3v) is 2.77. The summed E-state index contributed by atoms with van der Waals surface area (Å²) in [5, 5.41) is 6.69. The maximum atomic E-state index is 11.7. The van der Waals surface area contributed by atoms with E-state index >= 15 is 0 Å². The zero-order valence-electron chi connectivity index (χ0n) is 8.94. The topological polar surface area (TPSA) is 41.1 Å². The summed E-state index contributed by atoms with van der Waals surface area (Å²) >= 11 is 5.92. The number of benzene rings is 1. The van der Waals surface area contributed by atoms with E-state index in [-0.39, 0.29) is 5.91 Å². The van der Waals surface area contributed by atoms with Gasteiger partial charge in [-0.05, 0) is 38.5 Å². The second kappa shape index (κ2) is 3.14. The molecule has 3 nitrogen and oxygen atoms in total. The highest BCUT2D eigenvalue weighted by Crippen LogP contribution is 2.35. The van der Waals surface area contributed by atoms with Crippen LogP contribution in [0.5, 0.6) is 0 Å². The van der Waals surface area contributed by atoms with Gasteiger partial charge in [-0.2, -0.15) is 0 Å². The number of carbonyl (C=O) groups is 1. The van der Waals surface area contributed by atoms with Gasteiger partial charge < -0.3 is 10.6 Å². The molecule has 1 aliphatic heterocycles. The van der Waals surface area contributed by atoms with E-state index in [1.165, 1.54) is 0 Å². The van der Waals surface area contributed by atoms with Crippen molar-refractivity contribution in [2.24, 2.45) is 0 Å². The molecule has 2 N–H and O–H groups in total. The van der Waals surface area contributed by atoms with E-state index in [0.717, 1.165) is 16.9 Å². The minimum absolute atomic E-state index is 0.0448. The maximum absolute atomic E-state index is 11.7. The summed E-state index contributed by atoms with van der Waals surface area (Å²) in [5.41, 5.74) is 2.16. The molecule has 0 atom stereocenters. The van der Waals surface area contributed by atoms with Crippen LogP contribution in [0.15, 0.2) is 12.1 Å². The van der Waals surface area contributed by atoms with Gasteiger partial charge >= 0.3 is 0 Å². The van der Waals surface area contributed by atoms with Crippen molar-refractivity contribution in [3.63, 3.8) is 0 Å². The lowest BCUT2D eigenvalue weighted by Gasteiger charge is -2.33. The molecule has 1 aromatic carbocycles. The molecule has 15 heavy (non-hydrogen) atoms. The SMILES string of the molecule is Cc1cc(Cl)cc2c1NC(C)(C)C(=O)N2. The Morgan fingerprint density at radius 1 is 1.33 bits per heavy atom. The molecule has 0 saturated carbocycles. The molecule has 0 spiro atoms. The largest absolute Gasteiger partial charge is 0.370 e. The minimum Gasteiger partial charge on any atom is -0.370 e. The Hall–Kier alpha value is -1.22. The van der Waals surface area contributed by atoms with Crippen LogP contribution in [0.3, 0.4) is 0 Å².